The van der Waals surface area contributed by atoms with Crippen LogP contribution < -0.4 is 10.5 Å². The summed E-state index contributed by atoms with van der Waals surface area (Å²) in [5.41, 5.74) is 6.65. The molecule has 1 aromatic heterocycles. The molecule has 19 heavy (non-hydrogen) atoms. The van der Waals surface area contributed by atoms with E-state index in [4.69, 9.17) is 15.2 Å². The molecule has 2 N–H and O–H groups in total. The van der Waals surface area contributed by atoms with Gasteiger partial charge in [-0.3, -0.25) is 4.68 Å². The average molecular weight is 265 g/mol. The van der Waals surface area contributed by atoms with Gasteiger partial charge < -0.3 is 15.2 Å². The number of nitrogens with two attached hydrogens (primary N) is 1. The lowest BCUT2D eigenvalue weighted by Gasteiger charge is -2.21. The lowest BCUT2D eigenvalue weighted by molar-refractivity contribution is 0.165. The molecule has 0 amide bonds. The van der Waals surface area contributed by atoms with E-state index in [-0.39, 0.29) is 0 Å². The summed E-state index contributed by atoms with van der Waals surface area (Å²) in [6.07, 6.45) is 9.34. The molecule has 1 aliphatic carbocycles. The predicted molar refractivity (Wildman–Crippen MR) is 73.2 cm³/mol. The van der Waals surface area contributed by atoms with Crippen molar-refractivity contribution in [2.45, 2.75) is 44.6 Å². The molecule has 0 radical (unpaired) electrons. The zero-order valence-electron chi connectivity index (χ0n) is 11.4. The lowest BCUT2D eigenvalue weighted by atomic mass is 9.96. The zero-order valence-corrected chi connectivity index (χ0v) is 11.4. The molecule has 2 fully saturated rings. The summed E-state index contributed by atoms with van der Waals surface area (Å²) in [7, 11) is 0. The summed E-state index contributed by atoms with van der Waals surface area (Å²) in [6, 6.07) is 0.503. The molecule has 1 aromatic rings. The molecule has 1 atom stereocenters. The van der Waals surface area contributed by atoms with Crippen molar-refractivity contribution in [2.24, 2.45) is 5.92 Å². The Morgan fingerprint density at radius 2 is 2.16 bits per heavy atom. The van der Waals surface area contributed by atoms with Crippen molar-refractivity contribution in [3.63, 3.8) is 0 Å². The van der Waals surface area contributed by atoms with Gasteiger partial charge in [0.15, 0.2) is 0 Å². The number of nitrogens with zero attached hydrogens (tertiary/aromatic N) is 2. The first kappa shape index (κ1) is 12.8. The first-order valence-corrected chi connectivity index (χ1v) is 7.38. The third kappa shape index (κ3) is 3.03. The first-order valence-electron chi connectivity index (χ1n) is 7.38. The fourth-order valence-electron chi connectivity index (χ4n) is 2.95. The van der Waals surface area contributed by atoms with Gasteiger partial charge in [-0.2, -0.15) is 0 Å². The van der Waals surface area contributed by atoms with Crippen LogP contribution in [0.4, 0.5) is 5.69 Å². The van der Waals surface area contributed by atoms with Gasteiger partial charge in [-0.1, -0.05) is 19.3 Å². The van der Waals surface area contributed by atoms with Crippen molar-refractivity contribution >= 4 is 5.69 Å². The molecule has 1 saturated carbocycles. The third-order valence-corrected chi connectivity index (χ3v) is 4.15. The van der Waals surface area contributed by atoms with Crippen LogP contribution in [0.2, 0.25) is 0 Å². The second-order valence-corrected chi connectivity index (χ2v) is 5.70. The summed E-state index contributed by atoms with van der Waals surface area (Å²) in [5, 5.41) is 4.52. The van der Waals surface area contributed by atoms with Crippen LogP contribution in [0.1, 0.15) is 44.6 Å². The second-order valence-electron chi connectivity index (χ2n) is 5.70. The number of ether oxygens (including phenoxy) is 2. The maximum Gasteiger partial charge on any atom is 0.256 e. The monoisotopic (exact) mass is 265 g/mol. The van der Waals surface area contributed by atoms with Crippen LogP contribution in [0.25, 0.3) is 0 Å². The minimum absolute atomic E-state index is 0.485. The minimum Gasteiger partial charge on any atom is -0.475 e. The fraction of sp³-hybridized carbons (Fsp3) is 0.786. The smallest absolute Gasteiger partial charge is 0.256 e. The number of hydrogen-bond acceptors (Lipinski definition) is 4. The van der Waals surface area contributed by atoms with E-state index >= 15 is 0 Å². The molecule has 2 aliphatic rings. The van der Waals surface area contributed by atoms with E-state index in [1.54, 1.807) is 0 Å². The lowest BCUT2D eigenvalue weighted by Crippen LogP contribution is -2.14. The molecule has 0 aromatic carbocycles. The maximum absolute atomic E-state index is 5.99. The largest absolute Gasteiger partial charge is 0.475 e. The van der Waals surface area contributed by atoms with Gasteiger partial charge >= 0.3 is 0 Å². The Morgan fingerprint density at radius 3 is 2.89 bits per heavy atom. The average Bonchev–Trinajstić information content (AvgIpc) is 3.07. The quantitative estimate of drug-likeness (QED) is 0.908. The van der Waals surface area contributed by atoms with Crippen molar-refractivity contribution in [1.29, 1.82) is 0 Å². The summed E-state index contributed by atoms with van der Waals surface area (Å²) in [5.74, 6) is 1.08. The molecular weight excluding hydrogens is 242 g/mol. The second kappa shape index (κ2) is 5.82. The number of hydrogen-bond donors (Lipinski definition) is 1. The van der Waals surface area contributed by atoms with Crippen molar-refractivity contribution in [3.05, 3.63) is 6.20 Å². The van der Waals surface area contributed by atoms with Crippen molar-refractivity contribution in [3.8, 4) is 5.88 Å². The molecule has 3 rings (SSSR count). The molecule has 1 aliphatic heterocycles. The van der Waals surface area contributed by atoms with Gasteiger partial charge in [0.25, 0.3) is 5.88 Å². The normalized spacial score (nSPS) is 24.7. The van der Waals surface area contributed by atoms with E-state index in [1.165, 1.54) is 32.1 Å². The van der Waals surface area contributed by atoms with Gasteiger partial charge in [0.05, 0.1) is 25.5 Å². The summed E-state index contributed by atoms with van der Waals surface area (Å²) in [6.45, 7) is 2.30. The Bertz CT molecular complexity index is 407. The standard InChI is InChI=1S/C14H23N3O2/c15-13-8-17(12-4-2-1-3-5-12)16-14(13)19-10-11-6-7-18-9-11/h8,11-12H,1-7,9-10,15H2. The Morgan fingerprint density at radius 1 is 1.32 bits per heavy atom. The molecule has 106 valence electrons. The Hall–Kier alpha value is -1.23. The Kier molecular flexibility index (Phi) is 3.92. The molecule has 5 heteroatoms. The summed E-state index contributed by atoms with van der Waals surface area (Å²) >= 11 is 0. The van der Waals surface area contributed by atoms with E-state index in [1.807, 2.05) is 10.9 Å². The maximum atomic E-state index is 5.99. The van der Waals surface area contributed by atoms with Crippen molar-refractivity contribution < 1.29 is 9.47 Å². The molecular formula is C14H23N3O2. The van der Waals surface area contributed by atoms with Crippen LogP contribution in [-0.2, 0) is 4.74 Å². The van der Waals surface area contributed by atoms with E-state index in [9.17, 15) is 0 Å². The first-order chi connectivity index (χ1) is 9.33. The Labute approximate surface area is 114 Å². The van der Waals surface area contributed by atoms with Crippen LogP contribution >= 0.6 is 0 Å². The van der Waals surface area contributed by atoms with Crippen LogP contribution in [0, 0.1) is 5.92 Å². The molecule has 1 saturated heterocycles. The van der Waals surface area contributed by atoms with E-state index in [0.717, 1.165) is 19.6 Å². The highest BCUT2D eigenvalue weighted by atomic mass is 16.5. The van der Waals surface area contributed by atoms with Gasteiger partial charge in [-0.25, -0.2) is 0 Å². The van der Waals surface area contributed by atoms with Crippen molar-refractivity contribution in [2.75, 3.05) is 25.6 Å². The van der Waals surface area contributed by atoms with Crippen LogP contribution in [0.5, 0.6) is 5.88 Å². The minimum atomic E-state index is 0.485. The predicted octanol–water partition coefficient (Wildman–Crippen LogP) is 2.39. The van der Waals surface area contributed by atoms with Gasteiger partial charge in [-0.05, 0) is 19.3 Å². The molecule has 2 heterocycles. The highest BCUT2D eigenvalue weighted by molar-refractivity contribution is 5.46. The van der Waals surface area contributed by atoms with Crippen LogP contribution in [0.15, 0.2) is 6.20 Å². The molecule has 1 unspecified atom stereocenters. The highest BCUT2D eigenvalue weighted by Gasteiger charge is 2.20. The number of rotatable bonds is 4. The zero-order chi connectivity index (χ0) is 13.1. The number of nitrogen functional groups attached to an aromatic ring is 1. The molecule has 0 bridgehead atoms. The third-order valence-electron chi connectivity index (χ3n) is 4.15. The van der Waals surface area contributed by atoms with Crippen molar-refractivity contribution in [1.82, 2.24) is 9.78 Å². The van der Waals surface area contributed by atoms with Crippen LogP contribution in [0.3, 0.4) is 0 Å². The number of anilines is 1. The molecule has 0 spiro atoms. The summed E-state index contributed by atoms with van der Waals surface area (Å²) < 4.78 is 13.1. The van der Waals surface area contributed by atoms with Gasteiger partial charge in [-0.15, -0.1) is 5.10 Å². The SMILES string of the molecule is Nc1cn(C2CCCCC2)nc1OCC1CCOC1. The topological polar surface area (TPSA) is 62.3 Å². The Balaban J connectivity index is 1.59. The van der Waals surface area contributed by atoms with E-state index in [0.29, 0.717) is 30.1 Å². The number of aromatic nitrogens is 2. The fourth-order valence-corrected chi connectivity index (χ4v) is 2.95. The summed E-state index contributed by atoms with van der Waals surface area (Å²) in [4.78, 5) is 0. The van der Waals surface area contributed by atoms with Gasteiger partial charge in [0.1, 0.15) is 5.69 Å². The van der Waals surface area contributed by atoms with Crippen LogP contribution in [-0.4, -0.2) is 29.6 Å². The molecule has 5 nitrogen and oxygen atoms in total. The van der Waals surface area contributed by atoms with Gasteiger partial charge in [0, 0.05) is 12.5 Å². The van der Waals surface area contributed by atoms with Gasteiger partial charge in [0.2, 0.25) is 0 Å². The van der Waals surface area contributed by atoms with E-state index < -0.39 is 0 Å². The highest BCUT2D eigenvalue weighted by Crippen LogP contribution is 2.30. The van der Waals surface area contributed by atoms with E-state index in [2.05, 4.69) is 5.10 Å².